The maximum Gasteiger partial charge on any atom is 0.236 e. The molecule has 0 saturated heterocycles. The number of carbonyl (C=O) groups is 2. The topological polar surface area (TPSA) is 98.8 Å². The van der Waals surface area contributed by atoms with Crippen LogP contribution >= 0.6 is 0 Å². The van der Waals surface area contributed by atoms with Crippen LogP contribution in [0.5, 0.6) is 11.5 Å². The van der Waals surface area contributed by atoms with E-state index < -0.39 is 33.2 Å². The molecule has 0 saturated carbocycles. The summed E-state index contributed by atoms with van der Waals surface area (Å²) in [6, 6.07) is 19.4. The van der Waals surface area contributed by atoms with E-state index in [1.807, 2.05) is 30.3 Å². The molecule has 0 spiro atoms. The van der Waals surface area contributed by atoms with Crippen molar-refractivity contribution in [2.24, 2.45) is 5.92 Å². The number of ketones is 1. The van der Waals surface area contributed by atoms with Crippen LogP contribution in [0.1, 0.15) is 34.3 Å². The summed E-state index contributed by atoms with van der Waals surface area (Å²) in [5.74, 6) is -1.42. The number of sulfone groups is 1. The number of rotatable bonds is 9. The Morgan fingerprint density at radius 2 is 1.53 bits per heavy atom. The highest BCUT2D eigenvalue weighted by atomic mass is 32.2. The first-order valence-corrected chi connectivity index (χ1v) is 13.4. The summed E-state index contributed by atoms with van der Waals surface area (Å²) >= 11 is 0. The van der Waals surface area contributed by atoms with Crippen molar-refractivity contribution in [3.05, 3.63) is 83.4 Å². The van der Waals surface area contributed by atoms with Crippen molar-refractivity contribution in [2.45, 2.75) is 30.6 Å². The van der Waals surface area contributed by atoms with Crippen LogP contribution in [-0.4, -0.2) is 40.1 Å². The summed E-state index contributed by atoms with van der Waals surface area (Å²) in [6.07, 6.45) is 3.81. The van der Waals surface area contributed by atoms with E-state index in [-0.39, 0.29) is 10.5 Å². The lowest BCUT2D eigenvalue weighted by atomic mass is 9.97. The van der Waals surface area contributed by atoms with Gasteiger partial charge in [0.05, 0.1) is 24.9 Å². The van der Waals surface area contributed by atoms with Crippen LogP contribution in [0.2, 0.25) is 0 Å². The number of hydrogen-bond acceptors (Lipinski definition) is 6. The van der Waals surface area contributed by atoms with Gasteiger partial charge in [-0.3, -0.25) is 9.59 Å². The van der Waals surface area contributed by atoms with Crippen LogP contribution in [0.3, 0.4) is 0 Å². The third-order valence-corrected chi connectivity index (χ3v) is 8.16. The minimum Gasteiger partial charge on any atom is -0.493 e. The molecule has 8 heteroatoms. The van der Waals surface area contributed by atoms with Gasteiger partial charge in [0.2, 0.25) is 5.91 Å². The average Bonchev–Trinajstić information content (AvgIpc) is 2.89. The second kappa shape index (κ2) is 11.0. The summed E-state index contributed by atoms with van der Waals surface area (Å²) in [5, 5.41) is 2.70. The highest BCUT2D eigenvalue weighted by Gasteiger charge is 2.40. The van der Waals surface area contributed by atoms with E-state index in [0.29, 0.717) is 11.4 Å². The number of carbonyl (C=O) groups excluding carboxylic acids is 2. The zero-order valence-corrected chi connectivity index (χ0v) is 21.1. The molecule has 1 amide bonds. The molecular weight excluding hydrogens is 478 g/mol. The van der Waals surface area contributed by atoms with Crippen molar-refractivity contribution in [2.75, 3.05) is 25.3 Å². The number of amides is 1. The average molecular weight is 508 g/mol. The quantitative estimate of drug-likeness (QED) is 0.338. The SMILES string of the molecule is COc1ccc(CCCCc2ccc(NC(=O)C3CS(=O)(=O)c4ccccc4C3=O)cc2)cc1OC. The first-order valence-electron chi connectivity index (χ1n) is 11.8. The molecule has 7 nitrogen and oxygen atoms in total. The van der Waals surface area contributed by atoms with Crippen molar-refractivity contribution in [3.63, 3.8) is 0 Å². The van der Waals surface area contributed by atoms with Gasteiger partial charge in [0.1, 0.15) is 5.92 Å². The molecule has 1 aliphatic rings. The van der Waals surface area contributed by atoms with Gasteiger partial charge in [0, 0.05) is 11.3 Å². The summed E-state index contributed by atoms with van der Waals surface area (Å²) < 4.78 is 35.8. The maximum absolute atomic E-state index is 12.8. The maximum atomic E-state index is 12.8. The summed E-state index contributed by atoms with van der Waals surface area (Å²) in [7, 11) is -0.459. The molecule has 1 aliphatic heterocycles. The van der Waals surface area contributed by atoms with Gasteiger partial charge in [-0.15, -0.1) is 0 Å². The molecule has 0 bridgehead atoms. The van der Waals surface area contributed by atoms with E-state index >= 15 is 0 Å². The molecule has 1 unspecified atom stereocenters. The Hall–Kier alpha value is -3.65. The smallest absolute Gasteiger partial charge is 0.236 e. The van der Waals surface area contributed by atoms with E-state index in [0.717, 1.165) is 37.0 Å². The normalized spacial score (nSPS) is 16.2. The zero-order valence-electron chi connectivity index (χ0n) is 20.3. The lowest BCUT2D eigenvalue weighted by molar-refractivity contribution is -0.118. The number of nitrogens with one attached hydrogen (secondary N) is 1. The second-order valence-electron chi connectivity index (χ2n) is 8.78. The standard InChI is InChI=1S/C28H29NO6S/c1-34-24-16-13-20(17-25(24)35-2)8-4-3-7-19-11-14-21(15-12-19)29-28(31)23-18-36(32,33)26-10-6-5-9-22(26)27(23)30/h5-6,9-17,23H,3-4,7-8,18H2,1-2H3,(H,29,31). The molecule has 1 atom stereocenters. The van der Waals surface area contributed by atoms with Gasteiger partial charge in [-0.05, 0) is 67.1 Å². The predicted octanol–water partition coefficient (Wildman–Crippen LogP) is 4.49. The Balaban J connectivity index is 1.30. The van der Waals surface area contributed by atoms with Gasteiger partial charge in [0.15, 0.2) is 27.1 Å². The van der Waals surface area contributed by atoms with Crippen LogP contribution in [0.25, 0.3) is 0 Å². The fourth-order valence-corrected chi connectivity index (χ4v) is 6.10. The summed E-state index contributed by atoms with van der Waals surface area (Å²) in [4.78, 5) is 25.5. The van der Waals surface area contributed by atoms with Crippen molar-refractivity contribution in [1.82, 2.24) is 0 Å². The third kappa shape index (κ3) is 5.60. The van der Waals surface area contributed by atoms with Crippen LogP contribution in [0.4, 0.5) is 5.69 Å². The molecule has 188 valence electrons. The first kappa shape index (κ1) is 25.4. The van der Waals surface area contributed by atoms with E-state index in [4.69, 9.17) is 9.47 Å². The molecule has 0 aliphatic carbocycles. The number of benzene rings is 3. The number of hydrogen-bond donors (Lipinski definition) is 1. The van der Waals surface area contributed by atoms with Crippen LogP contribution in [-0.2, 0) is 27.5 Å². The summed E-state index contributed by atoms with van der Waals surface area (Å²) in [6.45, 7) is 0. The zero-order chi connectivity index (χ0) is 25.7. The van der Waals surface area contributed by atoms with E-state index in [2.05, 4.69) is 5.32 Å². The second-order valence-corrected chi connectivity index (χ2v) is 10.8. The van der Waals surface area contributed by atoms with Gasteiger partial charge in [-0.2, -0.15) is 0 Å². The molecule has 0 aromatic heterocycles. The minimum atomic E-state index is -3.70. The van der Waals surface area contributed by atoms with Crippen molar-refractivity contribution in [1.29, 1.82) is 0 Å². The lowest BCUT2D eigenvalue weighted by Crippen LogP contribution is -2.39. The minimum absolute atomic E-state index is 0.00506. The third-order valence-electron chi connectivity index (χ3n) is 6.36. The van der Waals surface area contributed by atoms with Gasteiger partial charge in [-0.25, -0.2) is 8.42 Å². The lowest BCUT2D eigenvalue weighted by Gasteiger charge is -2.22. The Kier molecular flexibility index (Phi) is 7.74. The molecule has 0 radical (unpaired) electrons. The number of unbranched alkanes of at least 4 members (excludes halogenated alkanes) is 1. The molecule has 1 N–H and O–H groups in total. The number of Topliss-reactive ketones (excluding diaryl/α,β-unsaturated/α-hetero) is 1. The Labute approximate surface area is 211 Å². The highest BCUT2D eigenvalue weighted by molar-refractivity contribution is 7.91. The van der Waals surface area contributed by atoms with E-state index in [9.17, 15) is 18.0 Å². The monoisotopic (exact) mass is 507 g/mol. The molecule has 4 rings (SSSR count). The molecule has 0 fully saturated rings. The predicted molar refractivity (Wildman–Crippen MR) is 138 cm³/mol. The van der Waals surface area contributed by atoms with Gasteiger partial charge in [0.25, 0.3) is 0 Å². The molecule has 1 heterocycles. The molecule has 36 heavy (non-hydrogen) atoms. The van der Waals surface area contributed by atoms with Crippen LogP contribution in [0, 0.1) is 5.92 Å². The van der Waals surface area contributed by atoms with E-state index in [1.165, 1.54) is 17.7 Å². The van der Waals surface area contributed by atoms with Crippen LogP contribution in [0.15, 0.2) is 71.6 Å². The number of ether oxygens (including phenoxy) is 2. The van der Waals surface area contributed by atoms with Crippen molar-refractivity contribution >= 4 is 27.2 Å². The van der Waals surface area contributed by atoms with E-state index in [1.54, 1.807) is 38.5 Å². The molecule has 3 aromatic carbocycles. The van der Waals surface area contributed by atoms with Gasteiger partial charge in [-0.1, -0.05) is 36.4 Å². The Bertz CT molecular complexity index is 1370. The Morgan fingerprint density at radius 3 is 2.22 bits per heavy atom. The van der Waals surface area contributed by atoms with Crippen molar-refractivity contribution < 1.29 is 27.5 Å². The highest BCUT2D eigenvalue weighted by Crippen LogP contribution is 2.30. The van der Waals surface area contributed by atoms with Crippen molar-refractivity contribution in [3.8, 4) is 11.5 Å². The molecule has 3 aromatic rings. The number of aryl methyl sites for hydroxylation is 2. The largest absolute Gasteiger partial charge is 0.493 e. The number of methoxy groups -OCH3 is 2. The Morgan fingerprint density at radius 1 is 0.889 bits per heavy atom. The van der Waals surface area contributed by atoms with Gasteiger partial charge < -0.3 is 14.8 Å². The number of fused-ring (bicyclic) bond motifs is 1. The fraction of sp³-hybridized carbons (Fsp3) is 0.286. The summed E-state index contributed by atoms with van der Waals surface area (Å²) in [5.41, 5.74) is 2.92. The van der Waals surface area contributed by atoms with Crippen LogP contribution < -0.4 is 14.8 Å². The fourth-order valence-electron chi connectivity index (χ4n) is 4.39. The molecular formula is C28H29NO6S. The number of anilines is 1. The first-order chi connectivity index (χ1) is 17.3. The van der Waals surface area contributed by atoms with Gasteiger partial charge >= 0.3 is 0 Å².